The van der Waals surface area contributed by atoms with Crippen molar-refractivity contribution in [2.45, 2.75) is 37.5 Å². The summed E-state index contributed by atoms with van der Waals surface area (Å²) in [4.78, 5) is 2.51. The van der Waals surface area contributed by atoms with Gasteiger partial charge in [0.1, 0.15) is 0 Å². The van der Waals surface area contributed by atoms with Crippen molar-refractivity contribution in [3.63, 3.8) is 0 Å². The second-order valence-corrected chi connectivity index (χ2v) is 19.1. The summed E-state index contributed by atoms with van der Waals surface area (Å²) in [6.45, 7) is 4.76. The molecular formula is C66H49N. The minimum Gasteiger partial charge on any atom is -0.310 e. The van der Waals surface area contributed by atoms with Crippen molar-refractivity contribution in [3.8, 4) is 66.8 Å². The molecule has 0 heterocycles. The molecule has 0 fully saturated rings. The van der Waals surface area contributed by atoms with Crippen LogP contribution >= 0.6 is 0 Å². The molecule has 0 N–H and O–H groups in total. The topological polar surface area (TPSA) is 3.24 Å². The summed E-state index contributed by atoms with van der Waals surface area (Å²) in [6.07, 6.45) is 2.13. The SMILES string of the molecule is CC1(C)c2ccccc2-c2cccc(-c3ccc(N(c4ccc5c(c4)C4(CCc6ccccc64)c4ccccc4-5)c4ccccc4-c4cccc(-c5ccccc5-c5ccccc5)c4)cc3)c21. The molecule has 0 bridgehead atoms. The normalized spacial score (nSPS) is 15.7. The number of rotatable bonds is 7. The number of benzene rings is 10. The first-order valence-corrected chi connectivity index (χ1v) is 23.8. The molecule has 318 valence electrons. The molecule has 1 heteroatoms. The number of hydrogen-bond acceptors (Lipinski definition) is 1. The third kappa shape index (κ3) is 6.01. The van der Waals surface area contributed by atoms with Crippen LogP contribution in [0.2, 0.25) is 0 Å². The van der Waals surface area contributed by atoms with E-state index in [0.29, 0.717) is 0 Å². The van der Waals surface area contributed by atoms with E-state index in [2.05, 4.69) is 255 Å². The van der Waals surface area contributed by atoms with Gasteiger partial charge in [-0.25, -0.2) is 0 Å². The van der Waals surface area contributed by atoms with Gasteiger partial charge in [-0.1, -0.05) is 214 Å². The lowest BCUT2D eigenvalue weighted by Gasteiger charge is -2.32. The Kier molecular flexibility index (Phi) is 8.99. The average Bonchev–Trinajstić information content (AvgIpc) is 4.00. The van der Waals surface area contributed by atoms with E-state index < -0.39 is 0 Å². The molecule has 10 aromatic carbocycles. The van der Waals surface area contributed by atoms with Crippen LogP contribution in [0.15, 0.2) is 237 Å². The van der Waals surface area contributed by atoms with Gasteiger partial charge in [-0.15, -0.1) is 0 Å². The quantitative estimate of drug-likeness (QED) is 0.154. The molecule has 0 saturated heterocycles. The summed E-state index contributed by atoms with van der Waals surface area (Å²) >= 11 is 0. The van der Waals surface area contributed by atoms with E-state index >= 15 is 0 Å². The van der Waals surface area contributed by atoms with Crippen LogP contribution in [0.1, 0.15) is 53.6 Å². The van der Waals surface area contributed by atoms with Crippen LogP contribution in [-0.4, -0.2) is 0 Å². The largest absolute Gasteiger partial charge is 0.310 e. The lowest BCUT2D eigenvalue weighted by molar-refractivity contribution is 0.626. The first-order valence-electron chi connectivity index (χ1n) is 23.8. The predicted molar refractivity (Wildman–Crippen MR) is 281 cm³/mol. The predicted octanol–water partition coefficient (Wildman–Crippen LogP) is 17.4. The Labute approximate surface area is 394 Å². The van der Waals surface area contributed by atoms with Gasteiger partial charge in [0.05, 0.1) is 5.69 Å². The second kappa shape index (κ2) is 15.3. The van der Waals surface area contributed by atoms with Gasteiger partial charge in [0.2, 0.25) is 0 Å². The number of para-hydroxylation sites is 1. The van der Waals surface area contributed by atoms with Crippen molar-refractivity contribution >= 4 is 17.1 Å². The third-order valence-corrected chi connectivity index (χ3v) is 15.3. The van der Waals surface area contributed by atoms with Gasteiger partial charge in [-0.3, -0.25) is 0 Å². The number of nitrogens with zero attached hydrogens (tertiary/aromatic N) is 1. The highest BCUT2D eigenvalue weighted by molar-refractivity contribution is 5.94. The highest BCUT2D eigenvalue weighted by Crippen LogP contribution is 2.60. The van der Waals surface area contributed by atoms with Crippen LogP contribution in [-0.2, 0) is 17.3 Å². The second-order valence-electron chi connectivity index (χ2n) is 19.1. The van der Waals surface area contributed by atoms with Gasteiger partial charge in [-0.05, 0) is 144 Å². The van der Waals surface area contributed by atoms with Crippen LogP contribution in [0.4, 0.5) is 17.1 Å². The zero-order valence-electron chi connectivity index (χ0n) is 37.9. The lowest BCUT2D eigenvalue weighted by atomic mass is 9.73. The summed E-state index contributed by atoms with van der Waals surface area (Å²) in [7, 11) is 0. The first kappa shape index (κ1) is 39.4. The van der Waals surface area contributed by atoms with Gasteiger partial charge in [0.25, 0.3) is 0 Å². The maximum absolute atomic E-state index is 2.53. The van der Waals surface area contributed by atoms with Crippen LogP contribution in [0.3, 0.4) is 0 Å². The molecule has 0 aliphatic heterocycles. The summed E-state index contributed by atoms with van der Waals surface area (Å²) < 4.78 is 0. The van der Waals surface area contributed by atoms with Crippen molar-refractivity contribution < 1.29 is 0 Å². The first-order chi connectivity index (χ1) is 33.0. The minimum atomic E-state index is -0.202. The van der Waals surface area contributed by atoms with Crippen molar-refractivity contribution in [1.82, 2.24) is 0 Å². The average molecular weight is 856 g/mol. The van der Waals surface area contributed by atoms with Crippen LogP contribution in [0.5, 0.6) is 0 Å². The van der Waals surface area contributed by atoms with E-state index in [4.69, 9.17) is 0 Å². The van der Waals surface area contributed by atoms with Crippen molar-refractivity contribution in [2.75, 3.05) is 4.90 Å². The maximum Gasteiger partial charge on any atom is 0.0540 e. The highest BCUT2D eigenvalue weighted by Gasteiger charge is 2.48. The van der Waals surface area contributed by atoms with Crippen LogP contribution < -0.4 is 4.90 Å². The van der Waals surface area contributed by atoms with E-state index in [9.17, 15) is 0 Å². The lowest BCUT2D eigenvalue weighted by Crippen LogP contribution is -2.24. The monoisotopic (exact) mass is 855 g/mol. The molecule has 1 unspecified atom stereocenters. The molecular weight excluding hydrogens is 807 g/mol. The van der Waals surface area contributed by atoms with Gasteiger partial charge in [0.15, 0.2) is 0 Å². The van der Waals surface area contributed by atoms with Crippen LogP contribution in [0.25, 0.3) is 66.8 Å². The van der Waals surface area contributed by atoms with Gasteiger partial charge in [-0.2, -0.15) is 0 Å². The van der Waals surface area contributed by atoms with E-state index in [1.54, 1.807) is 0 Å². The zero-order valence-corrected chi connectivity index (χ0v) is 37.9. The summed E-state index contributed by atoms with van der Waals surface area (Å²) in [5.74, 6) is 0. The highest BCUT2D eigenvalue weighted by atomic mass is 15.1. The fourth-order valence-electron chi connectivity index (χ4n) is 12.3. The van der Waals surface area contributed by atoms with Gasteiger partial charge >= 0.3 is 0 Å². The molecule has 3 aliphatic rings. The molecule has 0 amide bonds. The van der Waals surface area contributed by atoms with Crippen molar-refractivity contribution in [2.24, 2.45) is 0 Å². The smallest absolute Gasteiger partial charge is 0.0540 e. The molecule has 0 aromatic heterocycles. The number of fused-ring (bicyclic) bond motifs is 10. The maximum atomic E-state index is 2.53. The number of hydrogen-bond donors (Lipinski definition) is 0. The minimum absolute atomic E-state index is 0.112. The van der Waals surface area contributed by atoms with Gasteiger partial charge < -0.3 is 4.90 Å². The van der Waals surface area contributed by atoms with Crippen molar-refractivity contribution in [1.29, 1.82) is 0 Å². The van der Waals surface area contributed by atoms with E-state index in [0.717, 1.165) is 29.9 Å². The molecule has 3 aliphatic carbocycles. The Bertz CT molecular complexity index is 3560. The van der Waals surface area contributed by atoms with Crippen LogP contribution in [0, 0.1) is 0 Å². The summed E-state index contributed by atoms with van der Waals surface area (Å²) in [6, 6.07) is 88.4. The third-order valence-electron chi connectivity index (χ3n) is 15.3. The molecule has 0 radical (unpaired) electrons. The van der Waals surface area contributed by atoms with Gasteiger partial charge in [0, 0.05) is 27.8 Å². The molecule has 13 rings (SSSR count). The molecule has 1 spiro atoms. The summed E-state index contributed by atoms with van der Waals surface area (Å²) in [5, 5.41) is 0. The summed E-state index contributed by atoms with van der Waals surface area (Å²) in [5.41, 5.74) is 26.7. The fraction of sp³-hybridized carbons (Fsp3) is 0.0909. The fourth-order valence-corrected chi connectivity index (χ4v) is 12.3. The Hall–Kier alpha value is -8.00. The Balaban J connectivity index is 0.988. The number of anilines is 3. The standard InChI is InChI=1S/C66H49N/c1-65(2)60-31-13-9-27-56(60)58-29-17-28-54(64(58)65)45-34-36-49(37-35-45)67(50-38-39-57-55-26-10-14-32-61(55)66(62(57)43-50)41-40-46-20-6-12-30-59(46)66)63-33-15-11-25-53(63)48-22-16-21-47(42-48)52-24-8-7-23-51(52)44-18-4-3-5-19-44/h3-39,42-43H,40-41H2,1-2H3. The van der Waals surface area contributed by atoms with Crippen molar-refractivity contribution in [3.05, 3.63) is 270 Å². The Morgan fingerprint density at radius 1 is 0.328 bits per heavy atom. The molecule has 0 saturated carbocycles. The molecule has 67 heavy (non-hydrogen) atoms. The molecule has 10 aromatic rings. The van der Waals surface area contributed by atoms with E-state index in [1.807, 2.05) is 0 Å². The van der Waals surface area contributed by atoms with E-state index in [1.165, 1.54) is 100 Å². The van der Waals surface area contributed by atoms with E-state index in [-0.39, 0.29) is 10.8 Å². The Morgan fingerprint density at radius 3 is 1.61 bits per heavy atom. The molecule has 1 atom stereocenters. The Morgan fingerprint density at radius 2 is 0.836 bits per heavy atom. The number of aryl methyl sites for hydroxylation is 1. The zero-order chi connectivity index (χ0) is 44.7. The molecule has 1 nitrogen and oxygen atoms in total.